The first-order valence-corrected chi connectivity index (χ1v) is 11.6. The molecule has 2 N–H and O–H groups in total. The molecule has 1 aliphatic heterocycles. The van der Waals surface area contributed by atoms with Crippen molar-refractivity contribution in [2.75, 3.05) is 30.4 Å². The van der Waals surface area contributed by atoms with Crippen LogP contribution in [0, 0.1) is 6.92 Å². The molecule has 0 bridgehead atoms. The van der Waals surface area contributed by atoms with Crippen molar-refractivity contribution in [3.8, 4) is 28.3 Å². The number of nitrogens with one attached hydrogen (secondary N) is 1. The molecule has 37 heavy (non-hydrogen) atoms. The monoisotopic (exact) mass is 511 g/mol. The van der Waals surface area contributed by atoms with Gasteiger partial charge < -0.3 is 19.7 Å². The quantitative estimate of drug-likeness (QED) is 0.408. The maximum absolute atomic E-state index is 14.1. The molecule has 8 nitrogen and oxygen atoms in total. The van der Waals surface area contributed by atoms with Gasteiger partial charge in [-0.05, 0) is 61.4 Å². The number of alkyl halides is 3. The third-order valence-electron chi connectivity index (χ3n) is 6.31. The van der Waals surface area contributed by atoms with E-state index in [1.54, 1.807) is 17.2 Å². The fourth-order valence-electron chi connectivity index (χ4n) is 4.52. The van der Waals surface area contributed by atoms with Gasteiger partial charge in [0.1, 0.15) is 5.69 Å². The van der Waals surface area contributed by atoms with E-state index in [1.807, 2.05) is 19.1 Å². The summed E-state index contributed by atoms with van der Waals surface area (Å²) in [4.78, 5) is 19.0. The summed E-state index contributed by atoms with van der Waals surface area (Å²) in [5.41, 5.74) is 0.902. The molecule has 5 rings (SSSR count). The van der Waals surface area contributed by atoms with Gasteiger partial charge in [-0.3, -0.25) is 4.79 Å². The fourth-order valence-corrected chi connectivity index (χ4v) is 4.52. The second-order valence-corrected chi connectivity index (χ2v) is 8.95. The third kappa shape index (κ3) is 4.82. The van der Waals surface area contributed by atoms with Crippen molar-refractivity contribution < 1.29 is 22.7 Å². The van der Waals surface area contributed by atoms with E-state index in [4.69, 9.17) is 4.42 Å². The maximum atomic E-state index is 14.1. The van der Waals surface area contributed by atoms with Gasteiger partial charge in [0.05, 0.1) is 29.2 Å². The molecular formula is C26H24F3N5O3. The van der Waals surface area contributed by atoms with Crippen LogP contribution in [0.5, 0.6) is 0 Å². The van der Waals surface area contributed by atoms with Gasteiger partial charge in [-0.15, -0.1) is 0 Å². The molecule has 0 aliphatic carbocycles. The maximum Gasteiger partial charge on any atom is 0.418 e. The topological polar surface area (TPSA) is 96.4 Å². The van der Waals surface area contributed by atoms with Gasteiger partial charge in [0, 0.05) is 37.0 Å². The Morgan fingerprint density at radius 1 is 1.14 bits per heavy atom. The summed E-state index contributed by atoms with van der Waals surface area (Å²) in [6.45, 7) is 2.65. The number of β-amino-alcohol motifs (C(OH)–C–C–N with tert-alkyl or cyclic N) is 1. The first-order valence-electron chi connectivity index (χ1n) is 11.6. The fraction of sp³-hybridized carbons (Fsp3) is 0.269. The Kier molecular flexibility index (Phi) is 6.24. The minimum absolute atomic E-state index is 0.0860. The van der Waals surface area contributed by atoms with Crippen LogP contribution in [0.3, 0.4) is 0 Å². The van der Waals surface area contributed by atoms with Crippen molar-refractivity contribution in [3.05, 3.63) is 76.5 Å². The van der Waals surface area contributed by atoms with E-state index in [2.05, 4.69) is 15.4 Å². The number of halogens is 3. The van der Waals surface area contributed by atoms with Crippen molar-refractivity contribution in [2.24, 2.45) is 0 Å². The highest BCUT2D eigenvalue weighted by molar-refractivity contribution is 5.71. The van der Waals surface area contributed by atoms with E-state index in [9.17, 15) is 23.1 Å². The van der Waals surface area contributed by atoms with Crippen molar-refractivity contribution in [2.45, 2.75) is 25.6 Å². The number of hydrogen-bond donors (Lipinski definition) is 2. The van der Waals surface area contributed by atoms with E-state index < -0.39 is 29.1 Å². The molecule has 2 aromatic heterocycles. The molecule has 0 spiro atoms. The molecule has 4 aromatic rings. The van der Waals surface area contributed by atoms with Gasteiger partial charge in [-0.1, -0.05) is 0 Å². The van der Waals surface area contributed by atoms with E-state index in [0.29, 0.717) is 47.8 Å². The Morgan fingerprint density at radius 3 is 2.57 bits per heavy atom. The first-order chi connectivity index (χ1) is 17.6. The average molecular weight is 512 g/mol. The van der Waals surface area contributed by atoms with E-state index in [0.717, 1.165) is 16.3 Å². The minimum atomic E-state index is -4.72. The number of rotatable bonds is 5. The Balaban J connectivity index is 1.71. The zero-order chi connectivity index (χ0) is 26.3. The number of aliphatic hydroxyl groups excluding tert-OH is 1. The van der Waals surface area contributed by atoms with Crippen LogP contribution in [0.2, 0.25) is 0 Å². The molecule has 0 radical (unpaired) electrons. The van der Waals surface area contributed by atoms with Crippen LogP contribution >= 0.6 is 0 Å². The number of anilines is 2. The van der Waals surface area contributed by atoms with Crippen molar-refractivity contribution in [1.29, 1.82) is 0 Å². The summed E-state index contributed by atoms with van der Waals surface area (Å²) in [5.74, 6) is 0.520. The van der Waals surface area contributed by atoms with Crippen molar-refractivity contribution in [3.63, 3.8) is 0 Å². The predicted molar refractivity (Wildman–Crippen MR) is 133 cm³/mol. The number of benzene rings is 2. The molecule has 1 fully saturated rings. The van der Waals surface area contributed by atoms with Gasteiger partial charge in [0.2, 0.25) is 0 Å². The molecule has 192 valence electrons. The highest BCUT2D eigenvalue weighted by Crippen LogP contribution is 2.36. The molecule has 1 saturated heterocycles. The molecule has 3 heterocycles. The molecule has 0 amide bonds. The van der Waals surface area contributed by atoms with Gasteiger partial charge in [0.15, 0.2) is 12.2 Å². The molecule has 1 atom stereocenters. The van der Waals surface area contributed by atoms with Crippen LogP contribution in [-0.2, 0) is 6.18 Å². The lowest BCUT2D eigenvalue weighted by molar-refractivity contribution is -0.137. The number of aryl methyl sites for hydroxylation is 1. The van der Waals surface area contributed by atoms with Gasteiger partial charge >= 0.3 is 6.18 Å². The van der Waals surface area contributed by atoms with Crippen LogP contribution in [0.25, 0.3) is 28.3 Å². The number of nitrogens with zero attached hydrogens (tertiary/aromatic N) is 4. The van der Waals surface area contributed by atoms with Crippen molar-refractivity contribution >= 4 is 11.4 Å². The molecule has 2 aromatic carbocycles. The zero-order valence-electron chi connectivity index (χ0n) is 20.1. The predicted octanol–water partition coefficient (Wildman–Crippen LogP) is 4.49. The second-order valence-electron chi connectivity index (χ2n) is 8.95. The van der Waals surface area contributed by atoms with E-state index in [-0.39, 0.29) is 5.69 Å². The molecular weight excluding hydrogens is 487 g/mol. The summed E-state index contributed by atoms with van der Waals surface area (Å²) in [6, 6.07) is 10.6. The normalized spacial score (nSPS) is 15.8. The van der Waals surface area contributed by atoms with Gasteiger partial charge in [0.25, 0.3) is 5.56 Å². The lowest BCUT2D eigenvalue weighted by atomic mass is 10.0. The van der Waals surface area contributed by atoms with Crippen LogP contribution in [0.1, 0.15) is 17.5 Å². The van der Waals surface area contributed by atoms with Gasteiger partial charge in [-0.25, -0.2) is 4.98 Å². The van der Waals surface area contributed by atoms with Crippen molar-refractivity contribution in [1.82, 2.24) is 14.8 Å². The molecule has 11 heteroatoms. The minimum Gasteiger partial charge on any atom is -0.444 e. The number of aromatic nitrogens is 3. The lowest BCUT2D eigenvalue weighted by Crippen LogP contribution is -2.27. The summed E-state index contributed by atoms with van der Waals surface area (Å²) in [5, 5.41) is 17.1. The van der Waals surface area contributed by atoms with E-state index in [1.165, 1.54) is 31.6 Å². The van der Waals surface area contributed by atoms with Crippen LogP contribution in [-0.4, -0.2) is 46.1 Å². The van der Waals surface area contributed by atoms with E-state index >= 15 is 0 Å². The SMILES string of the molecule is CNc1cc(-c2cc(C)cc(-c3cnco3)c2)nn(-c2cc(N3CC[C@H](O)C3)ccc2C(F)(F)F)c1=O. The number of hydrogen-bond acceptors (Lipinski definition) is 7. The third-order valence-corrected chi connectivity index (χ3v) is 6.31. The zero-order valence-corrected chi connectivity index (χ0v) is 20.1. The number of aliphatic hydroxyl groups is 1. The Labute approximate surface area is 210 Å². The van der Waals surface area contributed by atoms with Crippen LogP contribution in [0.15, 0.2) is 64.3 Å². The average Bonchev–Trinajstić information content (AvgIpc) is 3.55. The summed E-state index contributed by atoms with van der Waals surface area (Å²) in [7, 11) is 1.52. The smallest absolute Gasteiger partial charge is 0.418 e. The lowest BCUT2D eigenvalue weighted by Gasteiger charge is -2.22. The summed E-state index contributed by atoms with van der Waals surface area (Å²) in [6.07, 6.45) is -1.92. The Bertz CT molecular complexity index is 1500. The highest BCUT2D eigenvalue weighted by atomic mass is 19.4. The standard InChI is InChI=1S/C26H24F3N5O3/c1-15-7-16(9-17(8-15)24-12-31-14-37-24)21-11-22(30-2)25(36)34(32-21)23-10-18(33-6-5-19(35)13-33)3-4-20(23)26(27,28)29/h3-4,7-12,14,19,30,35H,5-6,13H2,1-2H3/t19-/m0/s1. The van der Waals surface area contributed by atoms with Gasteiger partial charge in [-0.2, -0.15) is 23.0 Å². The van der Waals surface area contributed by atoms with Crippen LogP contribution in [0.4, 0.5) is 24.5 Å². The highest BCUT2D eigenvalue weighted by Gasteiger charge is 2.35. The summed E-state index contributed by atoms with van der Waals surface area (Å²) >= 11 is 0. The number of oxazole rings is 1. The molecule has 1 aliphatic rings. The second kappa shape index (κ2) is 9.40. The summed E-state index contributed by atoms with van der Waals surface area (Å²) < 4.78 is 48.4. The molecule has 0 saturated carbocycles. The molecule has 0 unspecified atom stereocenters. The Morgan fingerprint density at radius 2 is 1.92 bits per heavy atom. The Hall–Kier alpha value is -4.12. The van der Waals surface area contributed by atoms with Crippen LogP contribution < -0.4 is 15.8 Å². The first kappa shape index (κ1) is 24.6. The largest absolute Gasteiger partial charge is 0.444 e.